The van der Waals surface area contributed by atoms with Crippen molar-refractivity contribution in [1.29, 1.82) is 0 Å². The third-order valence-corrected chi connectivity index (χ3v) is 4.21. The maximum Gasteiger partial charge on any atom is 0.129 e. The van der Waals surface area contributed by atoms with Gasteiger partial charge in [-0.2, -0.15) is 0 Å². The van der Waals surface area contributed by atoms with E-state index in [-0.39, 0.29) is 11.9 Å². The maximum absolute atomic E-state index is 14.2. The van der Waals surface area contributed by atoms with Gasteiger partial charge in [0.2, 0.25) is 0 Å². The molecule has 0 bridgehead atoms. The van der Waals surface area contributed by atoms with Crippen LogP contribution in [-0.2, 0) is 13.0 Å². The van der Waals surface area contributed by atoms with Crippen LogP contribution in [0.1, 0.15) is 37.7 Å². The van der Waals surface area contributed by atoms with Crippen LogP contribution in [0.25, 0.3) is 0 Å². The molecule has 0 radical (unpaired) electrons. The zero-order chi connectivity index (χ0) is 15.2. The van der Waals surface area contributed by atoms with Crippen molar-refractivity contribution in [2.75, 3.05) is 6.54 Å². The van der Waals surface area contributed by atoms with Gasteiger partial charge in [-0.3, -0.25) is 0 Å². The van der Waals surface area contributed by atoms with E-state index >= 15 is 0 Å². The van der Waals surface area contributed by atoms with Gasteiger partial charge in [0, 0.05) is 41.4 Å². The Morgan fingerprint density at radius 3 is 2.86 bits per heavy atom. The van der Waals surface area contributed by atoms with E-state index < -0.39 is 0 Å². The smallest absolute Gasteiger partial charge is 0.129 e. The molecule has 21 heavy (non-hydrogen) atoms. The SMILES string of the molecule is CCCNC(Cc1nccn1CC)c1c(F)cccc1Br. The number of halogens is 2. The Morgan fingerprint density at radius 1 is 1.38 bits per heavy atom. The fourth-order valence-corrected chi connectivity index (χ4v) is 3.06. The Bertz CT molecular complexity index is 562. The largest absolute Gasteiger partial charge is 0.335 e. The van der Waals surface area contributed by atoms with Gasteiger partial charge in [0.25, 0.3) is 0 Å². The molecule has 0 amide bonds. The van der Waals surface area contributed by atoms with Crippen molar-refractivity contribution in [2.24, 2.45) is 0 Å². The lowest BCUT2D eigenvalue weighted by molar-refractivity contribution is 0.479. The molecule has 2 aromatic rings. The molecular weight excluding hydrogens is 333 g/mol. The van der Waals surface area contributed by atoms with Gasteiger partial charge in [0.1, 0.15) is 11.6 Å². The average Bonchev–Trinajstić information content (AvgIpc) is 2.91. The molecule has 0 aliphatic rings. The molecule has 1 aromatic heterocycles. The van der Waals surface area contributed by atoms with Crippen LogP contribution in [0, 0.1) is 5.82 Å². The van der Waals surface area contributed by atoms with E-state index in [1.54, 1.807) is 12.3 Å². The lowest BCUT2D eigenvalue weighted by Crippen LogP contribution is -2.26. The Balaban J connectivity index is 2.30. The molecular formula is C16H21BrFN3. The number of hydrogen-bond donors (Lipinski definition) is 1. The highest BCUT2D eigenvalue weighted by atomic mass is 79.9. The van der Waals surface area contributed by atoms with Crippen molar-refractivity contribution in [3.63, 3.8) is 0 Å². The minimum Gasteiger partial charge on any atom is -0.335 e. The summed E-state index contributed by atoms with van der Waals surface area (Å²) >= 11 is 3.47. The first-order valence-corrected chi connectivity index (χ1v) is 8.14. The predicted molar refractivity (Wildman–Crippen MR) is 86.7 cm³/mol. The van der Waals surface area contributed by atoms with Crippen molar-refractivity contribution in [1.82, 2.24) is 14.9 Å². The number of rotatable bonds is 7. The van der Waals surface area contributed by atoms with Crippen molar-refractivity contribution in [3.8, 4) is 0 Å². The van der Waals surface area contributed by atoms with Crippen LogP contribution in [0.15, 0.2) is 35.1 Å². The molecule has 1 aromatic carbocycles. The van der Waals surface area contributed by atoms with Crippen LogP contribution in [-0.4, -0.2) is 16.1 Å². The Labute approximate surface area is 133 Å². The molecule has 0 saturated heterocycles. The van der Waals surface area contributed by atoms with Crippen LogP contribution >= 0.6 is 15.9 Å². The second-order valence-corrected chi connectivity index (χ2v) is 5.83. The summed E-state index contributed by atoms with van der Waals surface area (Å²) in [6.07, 6.45) is 5.43. The summed E-state index contributed by atoms with van der Waals surface area (Å²) in [5, 5.41) is 3.43. The van der Waals surface area contributed by atoms with E-state index in [1.165, 1.54) is 6.07 Å². The Morgan fingerprint density at radius 2 is 2.19 bits per heavy atom. The lowest BCUT2D eigenvalue weighted by Gasteiger charge is -2.21. The molecule has 114 valence electrons. The first-order chi connectivity index (χ1) is 10.2. The topological polar surface area (TPSA) is 29.9 Å². The quantitative estimate of drug-likeness (QED) is 0.812. The van der Waals surface area contributed by atoms with Crippen LogP contribution in [0.5, 0.6) is 0 Å². The first kappa shape index (κ1) is 16.2. The highest BCUT2D eigenvalue weighted by molar-refractivity contribution is 9.10. The molecule has 0 aliphatic heterocycles. The van der Waals surface area contributed by atoms with E-state index in [2.05, 4.69) is 44.6 Å². The van der Waals surface area contributed by atoms with E-state index in [9.17, 15) is 4.39 Å². The number of aryl methyl sites for hydroxylation is 1. The number of hydrogen-bond acceptors (Lipinski definition) is 2. The van der Waals surface area contributed by atoms with E-state index in [1.807, 2.05) is 12.3 Å². The van der Waals surface area contributed by atoms with Crippen molar-refractivity contribution >= 4 is 15.9 Å². The summed E-state index contributed by atoms with van der Waals surface area (Å²) in [5.41, 5.74) is 0.677. The van der Waals surface area contributed by atoms with Crippen LogP contribution in [0.4, 0.5) is 4.39 Å². The van der Waals surface area contributed by atoms with Crippen LogP contribution < -0.4 is 5.32 Å². The summed E-state index contributed by atoms with van der Waals surface area (Å²) in [7, 11) is 0. The molecule has 5 heteroatoms. The van der Waals surface area contributed by atoms with Crippen LogP contribution in [0.3, 0.4) is 0 Å². The first-order valence-electron chi connectivity index (χ1n) is 7.34. The number of aromatic nitrogens is 2. The van der Waals surface area contributed by atoms with E-state index in [0.717, 1.165) is 29.8 Å². The van der Waals surface area contributed by atoms with E-state index in [4.69, 9.17) is 0 Å². The summed E-state index contributed by atoms with van der Waals surface area (Å²) in [4.78, 5) is 4.40. The fraction of sp³-hybridized carbons (Fsp3) is 0.438. The van der Waals surface area contributed by atoms with E-state index in [0.29, 0.717) is 12.0 Å². The molecule has 0 saturated carbocycles. The van der Waals surface area contributed by atoms with Gasteiger partial charge in [-0.05, 0) is 32.0 Å². The van der Waals surface area contributed by atoms with Crippen molar-refractivity contribution in [3.05, 3.63) is 52.3 Å². The zero-order valence-corrected chi connectivity index (χ0v) is 14.0. The lowest BCUT2D eigenvalue weighted by atomic mass is 10.0. The van der Waals surface area contributed by atoms with Gasteiger partial charge in [-0.25, -0.2) is 9.37 Å². The highest BCUT2D eigenvalue weighted by Gasteiger charge is 2.20. The third-order valence-electron chi connectivity index (χ3n) is 3.52. The molecule has 0 aliphatic carbocycles. The molecule has 0 fully saturated rings. The number of imidazole rings is 1. The molecule has 1 heterocycles. The number of benzene rings is 1. The maximum atomic E-state index is 14.2. The minimum atomic E-state index is -0.187. The molecule has 1 atom stereocenters. The molecule has 3 nitrogen and oxygen atoms in total. The molecule has 1 unspecified atom stereocenters. The molecule has 2 rings (SSSR count). The Hall–Kier alpha value is -1.20. The zero-order valence-electron chi connectivity index (χ0n) is 12.4. The highest BCUT2D eigenvalue weighted by Crippen LogP contribution is 2.28. The van der Waals surface area contributed by atoms with Gasteiger partial charge >= 0.3 is 0 Å². The minimum absolute atomic E-state index is 0.0896. The molecule has 0 spiro atoms. The van der Waals surface area contributed by atoms with Gasteiger partial charge in [0.15, 0.2) is 0 Å². The summed E-state index contributed by atoms with van der Waals surface area (Å²) in [5.74, 6) is 0.786. The standard InChI is InChI=1S/C16H21BrFN3/c1-3-8-19-14(11-15-20-9-10-21(15)4-2)16-12(17)6-5-7-13(16)18/h5-7,9-10,14,19H,3-4,8,11H2,1-2H3. The van der Waals surface area contributed by atoms with Crippen molar-refractivity contribution < 1.29 is 4.39 Å². The van der Waals surface area contributed by atoms with Crippen LogP contribution in [0.2, 0.25) is 0 Å². The summed E-state index contributed by atoms with van der Waals surface area (Å²) in [6.45, 7) is 5.90. The van der Waals surface area contributed by atoms with Gasteiger partial charge in [-0.1, -0.05) is 28.9 Å². The predicted octanol–water partition coefficient (Wildman–Crippen LogP) is 4.09. The van der Waals surface area contributed by atoms with Crippen molar-refractivity contribution in [2.45, 2.75) is 39.3 Å². The molecule has 1 N–H and O–H groups in total. The second-order valence-electron chi connectivity index (χ2n) is 4.98. The summed E-state index contributed by atoms with van der Waals surface area (Å²) < 4.78 is 17.1. The van der Waals surface area contributed by atoms with Gasteiger partial charge in [0.05, 0.1) is 0 Å². The normalized spacial score (nSPS) is 12.6. The Kier molecular flexibility index (Phi) is 5.94. The van der Waals surface area contributed by atoms with Gasteiger partial charge < -0.3 is 9.88 Å². The summed E-state index contributed by atoms with van der Waals surface area (Å²) in [6, 6.07) is 5.01. The average molecular weight is 354 g/mol. The number of nitrogens with one attached hydrogen (secondary N) is 1. The third kappa shape index (κ3) is 3.92. The number of nitrogens with zero attached hydrogens (tertiary/aromatic N) is 2. The second kappa shape index (κ2) is 7.71. The fourth-order valence-electron chi connectivity index (χ4n) is 2.44. The van der Waals surface area contributed by atoms with Gasteiger partial charge in [-0.15, -0.1) is 0 Å². The monoisotopic (exact) mass is 353 g/mol.